The largest absolute Gasteiger partial charge is 0.476 e. The van der Waals surface area contributed by atoms with Crippen molar-refractivity contribution in [1.29, 1.82) is 0 Å². The predicted molar refractivity (Wildman–Crippen MR) is 70.7 cm³/mol. The molecule has 19 heavy (non-hydrogen) atoms. The van der Waals surface area contributed by atoms with Gasteiger partial charge in [-0.3, -0.25) is 0 Å². The van der Waals surface area contributed by atoms with Crippen LogP contribution in [0, 0.1) is 5.92 Å². The second-order valence-corrected chi connectivity index (χ2v) is 5.45. The molecular weight excluding hydrogens is 268 g/mol. The summed E-state index contributed by atoms with van der Waals surface area (Å²) in [5.41, 5.74) is -0.117. The van der Waals surface area contributed by atoms with Gasteiger partial charge < -0.3 is 15.2 Å². The molecule has 2 fully saturated rings. The van der Waals surface area contributed by atoms with E-state index in [9.17, 15) is 4.79 Å². The molecule has 1 saturated heterocycles. The van der Waals surface area contributed by atoms with E-state index in [2.05, 4.69) is 10.3 Å². The molecule has 2 N–H and O–H groups in total. The van der Waals surface area contributed by atoms with Gasteiger partial charge in [0.1, 0.15) is 5.82 Å². The van der Waals surface area contributed by atoms with E-state index in [4.69, 9.17) is 21.4 Å². The molecule has 0 aromatic carbocycles. The van der Waals surface area contributed by atoms with Crippen molar-refractivity contribution in [2.45, 2.75) is 31.4 Å². The van der Waals surface area contributed by atoms with Gasteiger partial charge in [0.25, 0.3) is 0 Å². The minimum Gasteiger partial charge on any atom is -0.476 e. The first-order valence-electron chi connectivity index (χ1n) is 6.43. The summed E-state index contributed by atoms with van der Waals surface area (Å²) in [6.45, 7) is 0.748. The smallest absolute Gasteiger partial charge is 0.356 e. The third-order valence-corrected chi connectivity index (χ3v) is 3.91. The number of aromatic carboxylic acids is 1. The Morgan fingerprint density at radius 3 is 2.89 bits per heavy atom. The van der Waals surface area contributed by atoms with Crippen LogP contribution in [-0.2, 0) is 4.74 Å². The third kappa shape index (κ3) is 2.67. The first kappa shape index (κ1) is 12.7. The van der Waals surface area contributed by atoms with E-state index in [1.54, 1.807) is 12.1 Å². The zero-order valence-electron chi connectivity index (χ0n) is 10.3. The number of rotatable bonds is 4. The number of nitrogens with zero attached hydrogens (tertiary/aromatic N) is 1. The van der Waals surface area contributed by atoms with Crippen LogP contribution in [0.25, 0.3) is 0 Å². The molecule has 1 aliphatic carbocycles. The maximum absolute atomic E-state index is 11.0. The maximum atomic E-state index is 11.0. The molecule has 2 aliphatic rings. The summed E-state index contributed by atoms with van der Waals surface area (Å²) >= 11 is 5.80. The lowest BCUT2D eigenvalue weighted by Gasteiger charge is -2.20. The van der Waals surface area contributed by atoms with Gasteiger partial charge in [-0.25, -0.2) is 9.78 Å². The monoisotopic (exact) mass is 282 g/mol. The quantitative estimate of drug-likeness (QED) is 0.887. The first-order valence-corrected chi connectivity index (χ1v) is 6.81. The van der Waals surface area contributed by atoms with E-state index < -0.39 is 5.97 Å². The van der Waals surface area contributed by atoms with E-state index in [1.807, 2.05) is 0 Å². The topological polar surface area (TPSA) is 71.5 Å². The van der Waals surface area contributed by atoms with Gasteiger partial charge in [-0.2, -0.15) is 0 Å². The lowest BCUT2D eigenvalue weighted by Crippen LogP contribution is -2.31. The number of carboxylic acid groups (broad SMARTS) is 1. The lowest BCUT2D eigenvalue weighted by atomic mass is 10.1. The number of halogens is 1. The fraction of sp³-hybridized carbons (Fsp3) is 0.538. The number of hydrogen-bond acceptors (Lipinski definition) is 4. The van der Waals surface area contributed by atoms with Crippen LogP contribution in [0.2, 0.25) is 5.02 Å². The fourth-order valence-corrected chi connectivity index (χ4v) is 2.70. The van der Waals surface area contributed by atoms with Crippen molar-refractivity contribution in [3.63, 3.8) is 0 Å². The van der Waals surface area contributed by atoms with E-state index in [1.165, 1.54) is 12.8 Å². The van der Waals surface area contributed by atoms with Crippen LogP contribution >= 0.6 is 11.6 Å². The average Bonchev–Trinajstić information content (AvgIpc) is 3.12. The summed E-state index contributed by atoms with van der Waals surface area (Å²) in [5.74, 6) is 0.0734. The van der Waals surface area contributed by atoms with Crippen molar-refractivity contribution in [1.82, 2.24) is 4.98 Å². The molecule has 5 nitrogen and oxygen atoms in total. The molecule has 2 unspecified atom stereocenters. The van der Waals surface area contributed by atoms with Crippen LogP contribution in [0.4, 0.5) is 5.82 Å². The van der Waals surface area contributed by atoms with Crippen LogP contribution in [0.15, 0.2) is 12.1 Å². The zero-order chi connectivity index (χ0) is 13.4. The Balaban J connectivity index is 1.75. The Morgan fingerprint density at radius 2 is 2.21 bits per heavy atom. The van der Waals surface area contributed by atoms with Gasteiger partial charge in [0.2, 0.25) is 0 Å². The molecule has 1 aromatic rings. The first-order chi connectivity index (χ1) is 9.15. The zero-order valence-corrected chi connectivity index (χ0v) is 11.1. The molecule has 1 aromatic heterocycles. The van der Waals surface area contributed by atoms with Crippen molar-refractivity contribution in [3.05, 3.63) is 22.8 Å². The van der Waals surface area contributed by atoms with E-state index in [0.717, 1.165) is 13.0 Å². The molecule has 1 saturated carbocycles. The second kappa shape index (κ2) is 4.98. The highest BCUT2D eigenvalue weighted by Gasteiger charge is 2.40. The standard InChI is InChI=1S/C13H15ClN2O3/c14-8-3-4-10(16-11(8)13(17)18)15-9-5-6-19-12(9)7-1-2-7/h3-4,7,9,12H,1-2,5-6H2,(H,15,16)(H,17,18). The van der Waals surface area contributed by atoms with Gasteiger partial charge in [0.15, 0.2) is 5.69 Å². The van der Waals surface area contributed by atoms with E-state index in [-0.39, 0.29) is 22.9 Å². The van der Waals surface area contributed by atoms with Gasteiger partial charge in [-0.1, -0.05) is 11.6 Å². The fourth-order valence-electron chi connectivity index (χ4n) is 2.52. The number of carboxylic acids is 1. The summed E-state index contributed by atoms with van der Waals surface area (Å²) in [6.07, 6.45) is 3.59. The van der Waals surface area contributed by atoms with Crippen LogP contribution < -0.4 is 5.32 Å². The third-order valence-electron chi connectivity index (χ3n) is 3.60. The summed E-state index contributed by atoms with van der Waals surface area (Å²) in [7, 11) is 0. The number of nitrogens with one attached hydrogen (secondary N) is 1. The van der Waals surface area contributed by atoms with Gasteiger partial charge in [-0.15, -0.1) is 0 Å². The summed E-state index contributed by atoms with van der Waals surface area (Å²) < 4.78 is 5.73. The van der Waals surface area contributed by atoms with E-state index >= 15 is 0 Å². The molecule has 1 aliphatic heterocycles. The van der Waals surface area contributed by atoms with Gasteiger partial charge >= 0.3 is 5.97 Å². The molecule has 0 bridgehead atoms. The normalized spacial score (nSPS) is 26.4. The number of carbonyl (C=O) groups is 1. The maximum Gasteiger partial charge on any atom is 0.356 e. The number of hydrogen-bond donors (Lipinski definition) is 2. The lowest BCUT2D eigenvalue weighted by molar-refractivity contribution is 0.0691. The predicted octanol–water partition coefficient (Wildman–Crippen LogP) is 2.41. The number of pyridine rings is 1. The van der Waals surface area contributed by atoms with Gasteiger partial charge in [0, 0.05) is 6.61 Å². The Morgan fingerprint density at radius 1 is 1.42 bits per heavy atom. The Bertz CT molecular complexity index is 505. The molecule has 6 heteroatoms. The highest BCUT2D eigenvalue weighted by atomic mass is 35.5. The van der Waals surface area contributed by atoms with Crippen LogP contribution in [0.1, 0.15) is 29.8 Å². The van der Waals surface area contributed by atoms with Crippen molar-refractivity contribution < 1.29 is 14.6 Å². The van der Waals surface area contributed by atoms with Gasteiger partial charge in [0.05, 0.1) is 17.2 Å². The molecule has 0 radical (unpaired) electrons. The Hall–Kier alpha value is -1.33. The molecule has 2 heterocycles. The summed E-state index contributed by atoms with van der Waals surface area (Å²) in [4.78, 5) is 15.0. The minimum atomic E-state index is -1.12. The molecule has 3 rings (SSSR count). The van der Waals surface area contributed by atoms with Crippen molar-refractivity contribution in [3.8, 4) is 0 Å². The average molecular weight is 283 g/mol. The molecule has 2 atom stereocenters. The SMILES string of the molecule is O=C(O)c1nc(NC2CCOC2C2CC2)ccc1Cl. The Kier molecular flexibility index (Phi) is 3.33. The Labute approximate surface area is 115 Å². The van der Waals surface area contributed by atoms with Gasteiger partial charge in [-0.05, 0) is 37.3 Å². The number of anilines is 1. The minimum absolute atomic E-state index is 0.117. The molecular formula is C13H15ClN2O3. The number of ether oxygens (including phenoxy) is 1. The van der Waals surface area contributed by atoms with Crippen molar-refractivity contribution in [2.75, 3.05) is 11.9 Å². The highest BCUT2D eigenvalue weighted by molar-refractivity contribution is 6.33. The highest BCUT2D eigenvalue weighted by Crippen LogP contribution is 2.39. The summed E-state index contributed by atoms with van der Waals surface area (Å²) in [5, 5.41) is 12.4. The molecule has 102 valence electrons. The number of aromatic nitrogens is 1. The van der Waals surface area contributed by atoms with E-state index in [0.29, 0.717) is 11.7 Å². The van der Waals surface area contributed by atoms with Crippen LogP contribution in [-0.4, -0.2) is 34.8 Å². The van der Waals surface area contributed by atoms with Crippen molar-refractivity contribution >= 4 is 23.4 Å². The van der Waals surface area contributed by atoms with Crippen LogP contribution in [0.3, 0.4) is 0 Å². The molecule has 0 spiro atoms. The molecule has 0 amide bonds. The second-order valence-electron chi connectivity index (χ2n) is 5.04. The van der Waals surface area contributed by atoms with Crippen molar-refractivity contribution in [2.24, 2.45) is 5.92 Å². The van der Waals surface area contributed by atoms with Crippen LogP contribution in [0.5, 0.6) is 0 Å². The summed E-state index contributed by atoms with van der Waals surface area (Å²) in [6, 6.07) is 3.47.